The highest BCUT2D eigenvalue weighted by atomic mass is 16.5. The molecular weight excluding hydrogens is 639 g/mol. The van der Waals surface area contributed by atoms with E-state index in [1.165, 1.54) is 16.7 Å². The number of aliphatic hydroxyl groups is 1. The van der Waals surface area contributed by atoms with Crippen LogP contribution in [0.15, 0.2) is 102 Å². The van der Waals surface area contributed by atoms with Crippen molar-refractivity contribution in [2.75, 3.05) is 0 Å². The molecule has 52 heavy (non-hydrogen) atoms. The molecule has 5 heteroatoms. The van der Waals surface area contributed by atoms with E-state index in [4.69, 9.17) is 14.7 Å². The van der Waals surface area contributed by atoms with Gasteiger partial charge >= 0.3 is 0 Å². The SMILES string of the molecule is CC(C)(C)c1ccc(-n2c(C3=C[C@H](C(C)(C)C)C[C@H](C(C)(C)C)[C@@H]3O)nc3c(-c4cccc(C5=N[C@H]6c7ccccc7C[C@H]6O5)c4)cccc32)cc1. The van der Waals surface area contributed by atoms with Gasteiger partial charge in [0.05, 0.1) is 17.1 Å². The van der Waals surface area contributed by atoms with Gasteiger partial charge in [0, 0.05) is 28.8 Å². The maximum absolute atomic E-state index is 12.3. The zero-order chi connectivity index (χ0) is 36.7. The number of aliphatic imine (C=N–C) groups is 1. The Morgan fingerprint density at radius 1 is 0.769 bits per heavy atom. The number of para-hydroxylation sites is 1. The van der Waals surface area contributed by atoms with Crippen molar-refractivity contribution in [2.45, 2.75) is 98.8 Å². The van der Waals surface area contributed by atoms with E-state index in [0.29, 0.717) is 11.8 Å². The molecule has 3 aliphatic rings. The second-order valence-corrected chi connectivity index (χ2v) is 18.5. The summed E-state index contributed by atoms with van der Waals surface area (Å²) in [6.45, 7) is 20.4. The summed E-state index contributed by atoms with van der Waals surface area (Å²) in [5.74, 6) is 1.90. The first-order valence-corrected chi connectivity index (χ1v) is 19.0. The molecule has 2 heterocycles. The number of allylic oxidation sites excluding steroid dienone is 1. The van der Waals surface area contributed by atoms with Crippen molar-refractivity contribution in [3.63, 3.8) is 0 Å². The van der Waals surface area contributed by atoms with Gasteiger partial charge in [0.25, 0.3) is 0 Å². The Kier molecular flexibility index (Phi) is 8.18. The van der Waals surface area contributed by atoms with E-state index in [-0.39, 0.29) is 34.3 Å². The molecule has 8 rings (SSSR count). The summed E-state index contributed by atoms with van der Waals surface area (Å²) in [5.41, 5.74) is 10.8. The lowest BCUT2D eigenvalue weighted by atomic mass is 9.63. The minimum Gasteiger partial charge on any atom is -0.471 e. The van der Waals surface area contributed by atoms with E-state index >= 15 is 0 Å². The lowest BCUT2D eigenvalue weighted by molar-refractivity contribution is 0.0451. The van der Waals surface area contributed by atoms with Crippen molar-refractivity contribution in [3.05, 3.63) is 125 Å². The van der Waals surface area contributed by atoms with Crippen molar-refractivity contribution in [1.29, 1.82) is 0 Å². The highest BCUT2D eigenvalue weighted by molar-refractivity contribution is 5.99. The van der Waals surface area contributed by atoms with E-state index in [1.807, 2.05) is 0 Å². The molecule has 5 nitrogen and oxygen atoms in total. The molecule has 0 saturated heterocycles. The molecule has 0 unspecified atom stereocenters. The number of aromatic nitrogens is 2. The van der Waals surface area contributed by atoms with Crippen LogP contribution in [0, 0.1) is 22.7 Å². The monoisotopic (exact) mass is 691 g/mol. The Morgan fingerprint density at radius 3 is 2.19 bits per heavy atom. The molecule has 0 bridgehead atoms. The summed E-state index contributed by atoms with van der Waals surface area (Å²) < 4.78 is 8.78. The predicted octanol–water partition coefficient (Wildman–Crippen LogP) is 10.9. The van der Waals surface area contributed by atoms with E-state index in [9.17, 15) is 5.11 Å². The molecular formula is C47H53N3O2. The Bertz CT molecular complexity index is 2220. The first kappa shape index (κ1) is 34.6. The predicted molar refractivity (Wildman–Crippen MR) is 214 cm³/mol. The lowest BCUT2D eigenvalue weighted by Crippen LogP contribution is -2.40. The molecule has 4 aromatic carbocycles. The number of hydrogen-bond donors (Lipinski definition) is 1. The number of rotatable bonds is 4. The molecule has 268 valence electrons. The zero-order valence-corrected chi connectivity index (χ0v) is 32.2. The second kappa shape index (κ2) is 12.3. The summed E-state index contributed by atoms with van der Waals surface area (Å²) >= 11 is 0. The van der Waals surface area contributed by atoms with Crippen molar-refractivity contribution >= 4 is 22.5 Å². The highest BCUT2D eigenvalue weighted by Gasteiger charge is 2.43. The molecule has 1 N–H and O–H groups in total. The molecule has 0 radical (unpaired) electrons. The highest BCUT2D eigenvalue weighted by Crippen LogP contribution is 2.49. The molecule has 0 fully saturated rings. The van der Waals surface area contributed by atoms with Gasteiger partial charge < -0.3 is 9.84 Å². The van der Waals surface area contributed by atoms with Crippen molar-refractivity contribution < 1.29 is 9.84 Å². The maximum atomic E-state index is 12.3. The minimum atomic E-state index is -0.642. The van der Waals surface area contributed by atoms with Crippen LogP contribution < -0.4 is 0 Å². The second-order valence-electron chi connectivity index (χ2n) is 18.5. The average Bonchev–Trinajstić information content (AvgIpc) is 3.78. The Balaban J connectivity index is 1.28. The molecule has 5 atom stereocenters. The number of fused-ring (bicyclic) bond motifs is 4. The molecule has 1 aromatic heterocycles. The first-order chi connectivity index (χ1) is 24.6. The van der Waals surface area contributed by atoms with E-state index in [1.54, 1.807) is 0 Å². The van der Waals surface area contributed by atoms with Gasteiger partial charge in [-0.25, -0.2) is 9.98 Å². The molecule has 0 amide bonds. The van der Waals surface area contributed by atoms with Gasteiger partial charge in [-0.05, 0) is 87.1 Å². The molecule has 5 aromatic rings. The zero-order valence-electron chi connectivity index (χ0n) is 32.2. The summed E-state index contributed by atoms with van der Waals surface area (Å²) in [7, 11) is 0. The van der Waals surface area contributed by atoms with Gasteiger partial charge in [0.2, 0.25) is 5.90 Å². The molecule has 0 saturated carbocycles. The fourth-order valence-electron chi connectivity index (χ4n) is 8.60. The summed E-state index contributed by atoms with van der Waals surface area (Å²) in [5, 5.41) is 12.3. The van der Waals surface area contributed by atoms with Crippen LogP contribution in [0.1, 0.15) is 103 Å². The third kappa shape index (κ3) is 6.01. The van der Waals surface area contributed by atoms with Crippen molar-refractivity contribution in [2.24, 2.45) is 27.7 Å². The van der Waals surface area contributed by atoms with Crippen LogP contribution in [0.25, 0.3) is 33.4 Å². The lowest BCUT2D eigenvalue weighted by Gasteiger charge is -2.44. The maximum Gasteiger partial charge on any atom is 0.217 e. The average molecular weight is 692 g/mol. The summed E-state index contributed by atoms with van der Waals surface area (Å²) in [4.78, 5) is 10.6. The van der Waals surface area contributed by atoms with E-state index in [2.05, 4.69) is 164 Å². The van der Waals surface area contributed by atoms with Crippen LogP contribution in [-0.4, -0.2) is 32.8 Å². The summed E-state index contributed by atoms with van der Waals surface area (Å²) in [6, 6.07) is 32.5. The van der Waals surface area contributed by atoms with Gasteiger partial charge in [-0.1, -0.05) is 129 Å². The minimum absolute atomic E-state index is 0.0356. The van der Waals surface area contributed by atoms with Gasteiger partial charge in [-0.15, -0.1) is 0 Å². The fourth-order valence-corrected chi connectivity index (χ4v) is 8.60. The quantitative estimate of drug-likeness (QED) is 0.204. The van der Waals surface area contributed by atoms with Crippen LogP contribution in [0.2, 0.25) is 0 Å². The number of imidazole rings is 1. The van der Waals surface area contributed by atoms with Gasteiger partial charge in [0.15, 0.2) is 0 Å². The molecule has 2 aliphatic carbocycles. The number of nitrogens with zero attached hydrogens (tertiary/aromatic N) is 3. The van der Waals surface area contributed by atoms with Gasteiger partial charge in [-0.2, -0.15) is 0 Å². The third-order valence-corrected chi connectivity index (χ3v) is 11.8. The van der Waals surface area contributed by atoms with E-state index in [0.717, 1.165) is 57.7 Å². The van der Waals surface area contributed by atoms with Crippen molar-refractivity contribution in [3.8, 4) is 16.8 Å². The normalized spacial score (nSPS) is 23.2. The van der Waals surface area contributed by atoms with Crippen LogP contribution >= 0.6 is 0 Å². The van der Waals surface area contributed by atoms with Crippen molar-refractivity contribution in [1.82, 2.24) is 9.55 Å². The Hall–Kier alpha value is -4.48. The third-order valence-electron chi connectivity index (χ3n) is 11.8. The van der Waals surface area contributed by atoms with Crippen LogP contribution in [0.4, 0.5) is 0 Å². The fraction of sp³-hybridized carbons (Fsp3) is 0.404. The largest absolute Gasteiger partial charge is 0.471 e. The number of benzene rings is 4. The first-order valence-electron chi connectivity index (χ1n) is 19.0. The molecule has 1 aliphatic heterocycles. The van der Waals surface area contributed by atoms with Crippen LogP contribution in [-0.2, 0) is 16.6 Å². The number of aliphatic hydroxyl groups excluding tert-OH is 1. The standard InChI is InChI=1S/C47H53N3O2/c1-45(2,3)31-20-22-33(23-21-31)50-38-19-13-18-34(40(38)48-43(50)36-26-32(46(4,5)6)27-37(42(36)51)47(7,8)9)28-15-12-16-30(24-28)44-49-41-35-17-11-10-14-29(35)25-39(41)52-44/h10-24,26,32,37,39,41-42,51H,25,27H2,1-9H3/t32-,37-,39+,41-,42+/m0/s1. The number of hydrogen-bond acceptors (Lipinski definition) is 4. The smallest absolute Gasteiger partial charge is 0.217 e. The Morgan fingerprint density at radius 2 is 1.48 bits per heavy atom. The summed E-state index contributed by atoms with van der Waals surface area (Å²) in [6.07, 6.45) is 3.56. The van der Waals surface area contributed by atoms with Crippen LogP contribution in [0.3, 0.4) is 0 Å². The topological polar surface area (TPSA) is 59.6 Å². The van der Waals surface area contributed by atoms with Gasteiger partial charge in [0.1, 0.15) is 18.0 Å². The number of ether oxygens (including phenoxy) is 1. The van der Waals surface area contributed by atoms with E-state index < -0.39 is 6.10 Å². The van der Waals surface area contributed by atoms with Crippen LogP contribution in [0.5, 0.6) is 0 Å². The Labute approximate surface area is 309 Å². The van der Waals surface area contributed by atoms with Gasteiger partial charge in [-0.3, -0.25) is 4.57 Å². The molecule has 0 spiro atoms.